The van der Waals surface area contributed by atoms with Crippen LogP contribution in [0.15, 0.2) is 72.3 Å². The predicted molar refractivity (Wildman–Crippen MR) is 145 cm³/mol. The van der Waals surface area contributed by atoms with Gasteiger partial charge in [0.1, 0.15) is 18.1 Å². The SMILES string of the molecule is COc1ccc(C2/C(=C(/O)c3ccc(OCc4ccccc4)c(C)c3)C(=O)C(=O)N2CC2CCCO2)cc1O. The molecule has 0 saturated carbocycles. The third-order valence-corrected chi connectivity index (χ3v) is 7.17. The van der Waals surface area contributed by atoms with Gasteiger partial charge in [-0.2, -0.15) is 0 Å². The Morgan fingerprint density at radius 3 is 2.49 bits per heavy atom. The number of amides is 1. The second-order valence-corrected chi connectivity index (χ2v) is 9.77. The standard InChI is InChI=1S/C31H31NO7/c1-19-15-22(11-12-25(19)39-18-20-7-4-3-5-8-20)29(34)27-28(21-10-13-26(37-2)24(33)16-21)32(31(36)30(27)35)17-23-9-6-14-38-23/h3-5,7-8,10-13,15-16,23,28,33-34H,6,9,14,17-18H2,1-2H3/b29-27-. The minimum absolute atomic E-state index is 0.0417. The molecule has 39 heavy (non-hydrogen) atoms. The Morgan fingerprint density at radius 1 is 1.05 bits per heavy atom. The van der Waals surface area contributed by atoms with Crippen molar-refractivity contribution in [3.05, 3.63) is 94.6 Å². The quantitative estimate of drug-likeness (QED) is 0.243. The van der Waals surface area contributed by atoms with Crippen molar-refractivity contribution in [2.75, 3.05) is 20.3 Å². The van der Waals surface area contributed by atoms with Crippen LogP contribution >= 0.6 is 0 Å². The van der Waals surface area contributed by atoms with E-state index >= 15 is 0 Å². The Morgan fingerprint density at radius 2 is 1.82 bits per heavy atom. The van der Waals surface area contributed by atoms with E-state index < -0.39 is 17.7 Å². The molecule has 2 unspecified atom stereocenters. The van der Waals surface area contributed by atoms with Crippen molar-refractivity contribution in [2.45, 2.75) is 38.5 Å². The zero-order valence-corrected chi connectivity index (χ0v) is 21.9. The molecule has 0 spiro atoms. The zero-order chi connectivity index (χ0) is 27.5. The average Bonchev–Trinajstić information content (AvgIpc) is 3.55. The van der Waals surface area contributed by atoms with Gasteiger partial charge in [-0.15, -0.1) is 0 Å². The van der Waals surface area contributed by atoms with E-state index in [1.807, 2.05) is 37.3 Å². The van der Waals surface area contributed by atoms with E-state index in [1.54, 1.807) is 30.3 Å². The van der Waals surface area contributed by atoms with Crippen LogP contribution in [0.25, 0.3) is 5.76 Å². The first-order valence-corrected chi connectivity index (χ1v) is 12.9. The van der Waals surface area contributed by atoms with Crippen LogP contribution in [-0.4, -0.2) is 53.2 Å². The zero-order valence-electron chi connectivity index (χ0n) is 21.9. The van der Waals surface area contributed by atoms with Gasteiger partial charge in [0.05, 0.1) is 24.8 Å². The molecule has 2 heterocycles. The summed E-state index contributed by atoms with van der Waals surface area (Å²) in [4.78, 5) is 28.0. The number of benzene rings is 3. The van der Waals surface area contributed by atoms with Crippen LogP contribution in [0.5, 0.6) is 17.2 Å². The highest BCUT2D eigenvalue weighted by Crippen LogP contribution is 2.42. The Labute approximate surface area is 227 Å². The van der Waals surface area contributed by atoms with Crippen LogP contribution in [0.2, 0.25) is 0 Å². The molecule has 2 aliphatic rings. The van der Waals surface area contributed by atoms with Gasteiger partial charge in [0.25, 0.3) is 11.7 Å². The summed E-state index contributed by atoms with van der Waals surface area (Å²) in [5.41, 5.74) is 2.61. The highest BCUT2D eigenvalue weighted by molar-refractivity contribution is 6.46. The lowest BCUT2D eigenvalue weighted by atomic mass is 9.94. The largest absolute Gasteiger partial charge is 0.507 e. The van der Waals surface area contributed by atoms with Gasteiger partial charge >= 0.3 is 0 Å². The molecular formula is C31H31NO7. The van der Waals surface area contributed by atoms with Crippen molar-refractivity contribution in [1.82, 2.24) is 4.90 Å². The lowest BCUT2D eigenvalue weighted by Crippen LogP contribution is -2.36. The number of Topliss-reactive ketones (excluding diaryl/α,β-unsaturated/α-hetero) is 1. The molecule has 0 aromatic heterocycles. The first-order chi connectivity index (χ1) is 18.9. The number of aryl methyl sites for hydroxylation is 1. The molecule has 3 aromatic carbocycles. The van der Waals surface area contributed by atoms with Crippen molar-refractivity contribution < 1.29 is 34.0 Å². The molecule has 0 aliphatic carbocycles. The van der Waals surface area contributed by atoms with Gasteiger partial charge in [0.2, 0.25) is 0 Å². The number of phenolic OH excluding ortho intramolecular Hbond substituents is 1. The molecule has 2 fully saturated rings. The van der Waals surface area contributed by atoms with Gasteiger partial charge in [-0.25, -0.2) is 0 Å². The number of nitrogens with zero attached hydrogens (tertiary/aromatic N) is 1. The summed E-state index contributed by atoms with van der Waals surface area (Å²) in [7, 11) is 1.44. The molecule has 3 aromatic rings. The normalized spacial score (nSPS) is 20.4. The highest BCUT2D eigenvalue weighted by atomic mass is 16.5. The Balaban J connectivity index is 1.51. The first kappa shape index (κ1) is 26.3. The van der Waals surface area contributed by atoms with Crippen LogP contribution in [-0.2, 0) is 20.9 Å². The second kappa shape index (κ2) is 11.2. The fourth-order valence-corrected chi connectivity index (χ4v) is 5.15. The minimum atomic E-state index is -0.902. The number of rotatable bonds is 8. The lowest BCUT2D eigenvalue weighted by molar-refractivity contribution is -0.140. The van der Waals surface area contributed by atoms with E-state index in [2.05, 4.69) is 0 Å². The Bertz CT molecular complexity index is 1410. The number of ether oxygens (including phenoxy) is 3. The van der Waals surface area contributed by atoms with Crippen molar-refractivity contribution in [3.63, 3.8) is 0 Å². The molecular weight excluding hydrogens is 498 g/mol. The minimum Gasteiger partial charge on any atom is -0.507 e. The molecule has 8 nitrogen and oxygen atoms in total. The fraction of sp³-hybridized carbons (Fsp3) is 0.290. The van der Waals surface area contributed by atoms with E-state index in [0.29, 0.717) is 30.1 Å². The van der Waals surface area contributed by atoms with Crippen molar-refractivity contribution >= 4 is 17.4 Å². The molecule has 2 atom stereocenters. The number of carbonyl (C=O) groups excluding carboxylic acids is 2. The summed E-state index contributed by atoms with van der Waals surface area (Å²) in [6.45, 7) is 3.04. The number of aliphatic hydroxyl groups is 1. The maximum absolute atomic E-state index is 13.3. The van der Waals surface area contributed by atoms with Crippen molar-refractivity contribution in [1.29, 1.82) is 0 Å². The maximum atomic E-state index is 13.3. The molecule has 2 N–H and O–H groups in total. The van der Waals surface area contributed by atoms with E-state index in [4.69, 9.17) is 14.2 Å². The number of likely N-dealkylation sites (tertiary alicyclic amines) is 1. The Hall–Kier alpha value is -4.30. The number of aromatic hydroxyl groups is 1. The average molecular weight is 530 g/mol. The summed E-state index contributed by atoms with van der Waals surface area (Å²) in [5.74, 6) is -1.02. The number of ketones is 1. The highest BCUT2D eigenvalue weighted by Gasteiger charge is 2.47. The van der Waals surface area contributed by atoms with Crippen LogP contribution in [0.1, 0.15) is 41.1 Å². The lowest BCUT2D eigenvalue weighted by Gasteiger charge is -2.27. The van der Waals surface area contributed by atoms with Gasteiger partial charge in [-0.3, -0.25) is 9.59 Å². The smallest absolute Gasteiger partial charge is 0.295 e. The molecule has 8 heteroatoms. The summed E-state index contributed by atoms with van der Waals surface area (Å²) in [6.07, 6.45) is 1.44. The van der Waals surface area contributed by atoms with Crippen LogP contribution in [0.3, 0.4) is 0 Å². The van der Waals surface area contributed by atoms with Gasteiger partial charge in [0, 0.05) is 18.7 Å². The molecule has 5 rings (SSSR count). The second-order valence-electron chi connectivity index (χ2n) is 9.77. The van der Waals surface area contributed by atoms with Crippen molar-refractivity contribution in [3.8, 4) is 17.2 Å². The number of carbonyl (C=O) groups is 2. The van der Waals surface area contributed by atoms with Gasteiger partial charge in [0.15, 0.2) is 11.5 Å². The number of phenols is 1. The summed E-state index contributed by atoms with van der Waals surface area (Å²) in [5, 5.41) is 21.9. The fourth-order valence-electron chi connectivity index (χ4n) is 5.15. The molecule has 1 amide bonds. The van der Waals surface area contributed by atoms with E-state index in [1.165, 1.54) is 18.1 Å². The maximum Gasteiger partial charge on any atom is 0.295 e. The van der Waals surface area contributed by atoms with Gasteiger partial charge in [-0.1, -0.05) is 36.4 Å². The Kier molecular flexibility index (Phi) is 7.56. The monoisotopic (exact) mass is 529 g/mol. The van der Waals surface area contributed by atoms with Crippen LogP contribution < -0.4 is 9.47 Å². The molecule has 0 radical (unpaired) electrons. The van der Waals surface area contributed by atoms with Gasteiger partial charge in [-0.05, 0) is 66.8 Å². The number of hydrogen-bond acceptors (Lipinski definition) is 7. The van der Waals surface area contributed by atoms with Crippen LogP contribution in [0.4, 0.5) is 0 Å². The number of hydrogen-bond donors (Lipinski definition) is 2. The van der Waals surface area contributed by atoms with Crippen LogP contribution in [0, 0.1) is 6.92 Å². The van der Waals surface area contributed by atoms with E-state index in [0.717, 1.165) is 24.0 Å². The van der Waals surface area contributed by atoms with E-state index in [9.17, 15) is 19.8 Å². The first-order valence-electron chi connectivity index (χ1n) is 12.9. The topological polar surface area (TPSA) is 106 Å². The predicted octanol–water partition coefficient (Wildman–Crippen LogP) is 4.89. The summed E-state index contributed by atoms with van der Waals surface area (Å²) in [6, 6.07) is 18.7. The van der Waals surface area contributed by atoms with E-state index in [-0.39, 0.29) is 35.5 Å². The van der Waals surface area contributed by atoms with Gasteiger partial charge < -0.3 is 29.3 Å². The van der Waals surface area contributed by atoms with Crippen molar-refractivity contribution in [2.24, 2.45) is 0 Å². The number of methoxy groups -OCH3 is 1. The number of aliphatic hydroxyl groups excluding tert-OH is 1. The molecule has 2 aliphatic heterocycles. The summed E-state index contributed by atoms with van der Waals surface area (Å²) < 4.78 is 16.9. The summed E-state index contributed by atoms with van der Waals surface area (Å²) >= 11 is 0. The third kappa shape index (κ3) is 5.33. The molecule has 0 bridgehead atoms. The molecule has 2 saturated heterocycles. The third-order valence-electron chi connectivity index (χ3n) is 7.17. The molecule has 202 valence electrons.